The third-order valence-electron chi connectivity index (χ3n) is 4.81. The smallest absolute Gasteiger partial charge is 0.254 e. The van der Waals surface area contributed by atoms with Crippen LogP contribution in [0, 0.1) is 6.92 Å². The Morgan fingerprint density at radius 1 is 1.16 bits per heavy atom. The third-order valence-corrected chi connectivity index (χ3v) is 7.78. The molecule has 1 fully saturated rings. The molecule has 1 saturated heterocycles. The number of nitrogens with zero attached hydrogens (tertiary/aromatic N) is 3. The van der Waals surface area contributed by atoms with Crippen LogP contribution in [0.3, 0.4) is 0 Å². The van der Waals surface area contributed by atoms with Crippen molar-refractivity contribution in [1.82, 2.24) is 14.6 Å². The number of amides is 1. The summed E-state index contributed by atoms with van der Waals surface area (Å²) in [6, 6.07) is 10.2. The lowest BCUT2D eigenvalue weighted by Gasteiger charge is -2.33. The second-order valence-corrected chi connectivity index (χ2v) is 10.8. The molecule has 31 heavy (non-hydrogen) atoms. The van der Waals surface area contributed by atoms with Gasteiger partial charge >= 0.3 is 0 Å². The maximum atomic E-state index is 12.8. The number of sulfonamides is 1. The Kier molecular flexibility index (Phi) is 7.87. The molecule has 0 radical (unpaired) electrons. The number of hydrogen-bond acceptors (Lipinski definition) is 6. The summed E-state index contributed by atoms with van der Waals surface area (Å²) in [6.07, 6.45) is 1.36. The third kappa shape index (κ3) is 6.13. The average molecular weight is 574 g/mol. The molecule has 11 heteroatoms. The van der Waals surface area contributed by atoms with E-state index in [4.69, 9.17) is 0 Å². The molecule has 2 aromatic carbocycles. The van der Waals surface area contributed by atoms with Crippen molar-refractivity contribution in [2.45, 2.75) is 11.8 Å². The van der Waals surface area contributed by atoms with Gasteiger partial charge in [0.2, 0.25) is 10.0 Å². The van der Waals surface area contributed by atoms with Crippen molar-refractivity contribution in [3.05, 3.63) is 56.5 Å². The zero-order valence-electron chi connectivity index (χ0n) is 16.8. The monoisotopic (exact) mass is 572 g/mol. The standard InChI is InChI=1S/C20H22Br2N4O4S/c1-14-2-4-17(5-3-14)31(29,30)26-8-6-25(7-9-26)13-19(27)24-23-12-15-10-16(21)11-18(22)20(15)28/h2-5,10-12,28H,6-9,13H2,1H3,(H,24,27)/b23-12+. The first-order valence-electron chi connectivity index (χ1n) is 9.46. The second kappa shape index (κ2) is 10.2. The lowest BCUT2D eigenvalue weighted by molar-refractivity contribution is -0.122. The first kappa shape index (κ1) is 23.9. The van der Waals surface area contributed by atoms with Gasteiger partial charge in [-0.3, -0.25) is 9.69 Å². The van der Waals surface area contributed by atoms with Crippen LogP contribution in [0.1, 0.15) is 11.1 Å². The molecule has 0 atom stereocenters. The second-order valence-electron chi connectivity index (χ2n) is 7.11. The van der Waals surface area contributed by atoms with Crippen LogP contribution in [0.4, 0.5) is 0 Å². The predicted molar refractivity (Wildman–Crippen MR) is 126 cm³/mol. The van der Waals surface area contributed by atoms with Crippen LogP contribution in [-0.2, 0) is 14.8 Å². The summed E-state index contributed by atoms with van der Waals surface area (Å²) in [7, 11) is -3.54. The number of benzene rings is 2. The number of piperazine rings is 1. The van der Waals surface area contributed by atoms with Crippen molar-refractivity contribution >= 4 is 54.0 Å². The molecule has 0 aliphatic carbocycles. The highest BCUT2D eigenvalue weighted by Crippen LogP contribution is 2.30. The fourth-order valence-corrected chi connectivity index (χ4v) is 5.76. The van der Waals surface area contributed by atoms with Crippen molar-refractivity contribution in [1.29, 1.82) is 0 Å². The van der Waals surface area contributed by atoms with E-state index in [0.717, 1.165) is 10.0 Å². The molecular formula is C20H22Br2N4O4S. The number of phenols is 1. The fraction of sp³-hybridized carbons (Fsp3) is 0.300. The largest absolute Gasteiger partial charge is 0.506 e. The van der Waals surface area contributed by atoms with E-state index in [1.54, 1.807) is 36.4 Å². The van der Waals surface area contributed by atoms with Gasteiger partial charge in [-0.1, -0.05) is 33.6 Å². The highest BCUT2D eigenvalue weighted by atomic mass is 79.9. The Balaban J connectivity index is 1.50. The van der Waals surface area contributed by atoms with Crippen LogP contribution >= 0.6 is 31.9 Å². The fourth-order valence-electron chi connectivity index (χ4n) is 3.08. The number of carbonyl (C=O) groups is 1. The number of phenolic OH excluding ortho intramolecular Hbond substituents is 1. The molecule has 2 aromatic rings. The Bertz CT molecular complexity index is 1080. The maximum absolute atomic E-state index is 12.8. The molecule has 0 unspecified atom stereocenters. The average Bonchev–Trinajstić information content (AvgIpc) is 2.72. The van der Waals surface area contributed by atoms with Gasteiger partial charge in [-0.2, -0.15) is 9.41 Å². The van der Waals surface area contributed by atoms with Gasteiger partial charge in [0.15, 0.2) is 0 Å². The minimum atomic E-state index is -3.54. The van der Waals surface area contributed by atoms with Crippen LogP contribution < -0.4 is 5.43 Å². The molecule has 1 heterocycles. The SMILES string of the molecule is Cc1ccc(S(=O)(=O)N2CCN(CC(=O)N/N=C/c3cc(Br)cc(Br)c3O)CC2)cc1. The first-order chi connectivity index (χ1) is 14.7. The van der Waals surface area contributed by atoms with Crippen LogP contribution in [0.2, 0.25) is 0 Å². The summed E-state index contributed by atoms with van der Waals surface area (Å²) in [4.78, 5) is 14.3. The Labute approximate surface area is 198 Å². The van der Waals surface area contributed by atoms with Gasteiger partial charge in [-0.15, -0.1) is 0 Å². The molecule has 1 aliphatic rings. The van der Waals surface area contributed by atoms with Crippen LogP contribution in [0.5, 0.6) is 5.75 Å². The molecule has 0 saturated carbocycles. The molecule has 1 amide bonds. The normalized spacial score (nSPS) is 16.0. The van der Waals surface area contributed by atoms with Gasteiger partial charge in [0.25, 0.3) is 5.91 Å². The summed E-state index contributed by atoms with van der Waals surface area (Å²) >= 11 is 6.56. The van der Waals surface area contributed by atoms with Crippen molar-refractivity contribution in [2.75, 3.05) is 32.7 Å². The van der Waals surface area contributed by atoms with E-state index in [2.05, 4.69) is 42.4 Å². The molecule has 166 valence electrons. The van der Waals surface area contributed by atoms with Gasteiger partial charge in [0.05, 0.1) is 22.1 Å². The summed E-state index contributed by atoms with van der Waals surface area (Å²) < 4.78 is 28.2. The quantitative estimate of drug-likeness (QED) is 0.409. The predicted octanol–water partition coefficient (Wildman–Crippen LogP) is 2.68. The summed E-state index contributed by atoms with van der Waals surface area (Å²) in [5.41, 5.74) is 3.87. The van der Waals surface area contributed by atoms with Crippen LogP contribution in [-0.4, -0.2) is 67.6 Å². The lowest BCUT2D eigenvalue weighted by Crippen LogP contribution is -2.50. The van der Waals surface area contributed by atoms with E-state index >= 15 is 0 Å². The molecule has 2 N–H and O–H groups in total. The van der Waals surface area contributed by atoms with Gasteiger partial charge in [-0.25, -0.2) is 13.8 Å². The van der Waals surface area contributed by atoms with Crippen LogP contribution in [0.25, 0.3) is 0 Å². The highest BCUT2D eigenvalue weighted by molar-refractivity contribution is 9.11. The number of halogens is 2. The van der Waals surface area contributed by atoms with Gasteiger partial charge in [0, 0.05) is 36.2 Å². The van der Waals surface area contributed by atoms with Gasteiger partial charge < -0.3 is 5.11 Å². The Morgan fingerprint density at radius 3 is 2.45 bits per heavy atom. The molecule has 0 spiro atoms. The summed E-state index contributed by atoms with van der Waals surface area (Å²) in [5, 5.41) is 13.9. The number of rotatable bonds is 6. The number of hydrazone groups is 1. The van der Waals surface area contributed by atoms with E-state index in [9.17, 15) is 18.3 Å². The summed E-state index contributed by atoms with van der Waals surface area (Å²) in [6.45, 7) is 3.53. The van der Waals surface area contributed by atoms with E-state index in [-0.39, 0.29) is 23.1 Å². The number of carbonyl (C=O) groups excluding carboxylic acids is 1. The molecule has 8 nitrogen and oxygen atoms in total. The van der Waals surface area contributed by atoms with Crippen LogP contribution in [0.15, 0.2) is 55.3 Å². The first-order valence-corrected chi connectivity index (χ1v) is 12.5. The van der Waals surface area contributed by atoms with Gasteiger partial charge in [-0.05, 0) is 47.1 Å². The van der Waals surface area contributed by atoms with E-state index < -0.39 is 10.0 Å². The van der Waals surface area contributed by atoms with Crippen molar-refractivity contribution < 1.29 is 18.3 Å². The van der Waals surface area contributed by atoms with Crippen molar-refractivity contribution in [3.8, 4) is 5.75 Å². The Morgan fingerprint density at radius 2 is 1.81 bits per heavy atom. The number of hydrogen-bond donors (Lipinski definition) is 2. The molecular weight excluding hydrogens is 552 g/mol. The zero-order chi connectivity index (χ0) is 22.6. The lowest BCUT2D eigenvalue weighted by atomic mass is 10.2. The number of aromatic hydroxyl groups is 1. The highest BCUT2D eigenvalue weighted by Gasteiger charge is 2.28. The molecule has 3 rings (SSSR count). The molecule has 0 bridgehead atoms. The van der Waals surface area contributed by atoms with E-state index in [0.29, 0.717) is 36.2 Å². The van der Waals surface area contributed by atoms with Crippen molar-refractivity contribution in [2.24, 2.45) is 5.10 Å². The minimum Gasteiger partial charge on any atom is -0.506 e. The van der Waals surface area contributed by atoms with E-state index in [1.165, 1.54) is 10.5 Å². The zero-order valence-corrected chi connectivity index (χ0v) is 20.7. The topological polar surface area (TPSA) is 102 Å². The molecule has 1 aliphatic heterocycles. The molecule has 0 aromatic heterocycles. The van der Waals surface area contributed by atoms with Crippen molar-refractivity contribution in [3.63, 3.8) is 0 Å². The minimum absolute atomic E-state index is 0.0205. The maximum Gasteiger partial charge on any atom is 0.254 e. The van der Waals surface area contributed by atoms with Gasteiger partial charge in [0.1, 0.15) is 5.75 Å². The number of nitrogens with one attached hydrogen (secondary N) is 1. The summed E-state index contributed by atoms with van der Waals surface area (Å²) in [5.74, 6) is -0.299. The number of aryl methyl sites for hydroxylation is 1. The Hall–Kier alpha value is -1.79. The van der Waals surface area contributed by atoms with E-state index in [1.807, 2.05) is 11.8 Å².